The minimum atomic E-state index is -0.488. The van der Waals surface area contributed by atoms with Crippen molar-refractivity contribution in [3.8, 4) is 0 Å². The van der Waals surface area contributed by atoms with Gasteiger partial charge in [-0.3, -0.25) is 4.79 Å². The fraction of sp³-hybridized carbons (Fsp3) is 0.429. The van der Waals surface area contributed by atoms with Crippen LogP contribution in [0.2, 0.25) is 0 Å². The number of nitrogens with zero attached hydrogens (tertiary/aromatic N) is 1. The number of urea groups is 1. The van der Waals surface area contributed by atoms with Gasteiger partial charge in [0.25, 0.3) is 0 Å². The molecule has 1 aliphatic rings. The number of likely N-dealkylation sites (tertiary alicyclic amines) is 1. The summed E-state index contributed by atoms with van der Waals surface area (Å²) >= 11 is 0. The average molecular weight is 279 g/mol. The summed E-state index contributed by atoms with van der Waals surface area (Å²) in [5.41, 5.74) is 0.482. The highest BCUT2D eigenvalue weighted by Crippen LogP contribution is 2.14. The molecule has 0 aromatic heterocycles. The second-order valence-electron chi connectivity index (χ2n) is 5.07. The third-order valence-electron chi connectivity index (χ3n) is 3.27. The largest absolute Gasteiger partial charge is 0.338 e. The molecular formula is C14H18FN3O2. The Hall–Kier alpha value is -2.11. The van der Waals surface area contributed by atoms with Crippen molar-refractivity contribution in [1.29, 1.82) is 0 Å². The number of hydrogen-bond donors (Lipinski definition) is 2. The number of rotatable bonds is 3. The van der Waals surface area contributed by atoms with E-state index < -0.39 is 12.1 Å². The number of benzene rings is 1. The van der Waals surface area contributed by atoms with Gasteiger partial charge in [-0.05, 0) is 44.5 Å². The molecule has 1 aromatic rings. The topological polar surface area (TPSA) is 61.4 Å². The van der Waals surface area contributed by atoms with Crippen LogP contribution in [0, 0.1) is 5.82 Å². The van der Waals surface area contributed by atoms with E-state index in [1.54, 1.807) is 4.90 Å². The van der Waals surface area contributed by atoms with Crippen LogP contribution in [-0.4, -0.2) is 35.5 Å². The molecule has 1 saturated heterocycles. The minimum absolute atomic E-state index is 0.0609. The molecule has 1 atom stereocenters. The lowest BCUT2D eigenvalue weighted by atomic mass is 10.2. The number of nitrogens with one attached hydrogen (secondary N) is 2. The second kappa shape index (κ2) is 5.90. The summed E-state index contributed by atoms with van der Waals surface area (Å²) in [7, 11) is 0. The van der Waals surface area contributed by atoms with Crippen molar-refractivity contribution in [1.82, 2.24) is 10.2 Å². The number of carbonyl (C=O) groups excluding carboxylic acids is 2. The van der Waals surface area contributed by atoms with Crippen LogP contribution in [0.15, 0.2) is 24.3 Å². The molecule has 1 fully saturated rings. The Bertz CT molecular complexity index is 502. The summed E-state index contributed by atoms with van der Waals surface area (Å²) in [6.45, 7) is 4.54. The molecule has 0 aliphatic carbocycles. The van der Waals surface area contributed by atoms with Crippen LogP contribution in [-0.2, 0) is 4.79 Å². The van der Waals surface area contributed by atoms with Gasteiger partial charge < -0.3 is 15.5 Å². The normalized spacial score (nSPS) is 18.5. The highest BCUT2D eigenvalue weighted by molar-refractivity contribution is 5.94. The predicted molar refractivity (Wildman–Crippen MR) is 73.8 cm³/mol. The number of amides is 3. The second-order valence-corrected chi connectivity index (χ2v) is 5.07. The first kappa shape index (κ1) is 14.3. The Morgan fingerprint density at radius 1 is 1.35 bits per heavy atom. The van der Waals surface area contributed by atoms with E-state index in [4.69, 9.17) is 0 Å². The van der Waals surface area contributed by atoms with Gasteiger partial charge in [0.05, 0.1) is 0 Å². The summed E-state index contributed by atoms with van der Waals surface area (Å²) in [5.74, 6) is -0.427. The predicted octanol–water partition coefficient (Wildman–Crippen LogP) is 1.96. The molecule has 1 unspecified atom stereocenters. The van der Waals surface area contributed by atoms with E-state index in [9.17, 15) is 14.0 Å². The maximum Gasteiger partial charge on any atom is 0.319 e. The van der Waals surface area contributed by atoms with Gasteiger partial charge >= 0.3 is 6.03 Å². The summed E-state index contributed by atoms with van der Waals surface area (Å²) < 4.78 is 12.7. The first-order valence-electron chi connectivity index (χ1n) is 6.61. The Labute approximate surface area is 117 Å². The van der Waals surface area contributed by atoms with E-state index in [2.05, 4.69) is 10.6 Å². The molecule has 1 aromatic carbocycles. The van der Waals surface area contributed by atoms with Crippen molar-refractivity contribution in [2.24, 2.45) is 0 Å². The zero-order valence-electron chi connectivity index (χ0n) is 11.5. The van der Waals surface area contributed by atoms with Crippen LogP contribution >= 0.6 is 0 Å². The van der Waals surface area contributed by atoms with Crippen LogP contribution in [0.4, 0.5) is 14.9 Å². The maximum atomic E-state index is 12.7. The van der Waals surface area contributed by atoms with Crippen LogP contribution in [0.3, 0.4) is 0 Å². The zero-order valence-corrected chi connectivity index (χ0v) is 11.5. The van der Waals surface area contributed by atoms with E-state index in [-0.39, 0.29) is 17.8 Å². The lowest BCUT2D eigenvalue weighted by Gasteiger charge is -2.21. The number of anilines is 1. The molecule has 2 N–H and O–H groups in total. The third kappa shape index (κ3) is 3.26. The Morgan fingerprint density at radius 3 is 2.55 bits per heavy atom. The maximum absolute atomic E-state index is 12.7. The number of halogens is 1. The van der Waals surface area contributed by atoms with E-state index in [0.29, 0.717) is 18.7 Å². The first-order chi connectivity index (χ1) is 9.47. The standard InChI is InChI=1S/C14H18FN3O2/c1-9(2)18-8-7-12(13(18)19)17-14(20)16-11-5-3-10(15)4-6-11/h3-6,9,12H,7-8H2,1-2H3,(H2,16,17,20). The summed E-state index contributed by atoms with van der Waals surface area (Å²) in [6.07, 6.45) is 0.605. The van der Waals surface area contributed by atoms with E-state index in [1.165, 1.54) is 24.3 Å². The molecule has 5 nitrogen and oxygen atoms in total. The van der Waals surface area contributed by atoms with Gasteiger partial charge in [0.1, 0.15) is 11.9 Å². The van der Waals surface area contributed by atoms with E-state index >= 15 is 0 Å². The fourth-order valence-electron chi connectivity index (χ4n) is 2.21. The van der Waals surface area contributed by atoms with Gasteiger partial charge in [-0.25, -0.2) is 9.18 Å². The van der Waals surface area contributed by atoms with Crippen molar-refractivity contribution in [2.75, 3.05) is 11.9 Å². The summed E-state index contributed by atoms with van der Waals surface area (Å²) in [5, 5.41) is 5.21. The van der Waals surface area contributed by atoms with Crippen molar-refractivity contribution in [3.63, 3.8) is 0 Å². The molecule has 0 bridgehead atoms. The molecule has 6 heteroatoms. The highest BCUT2D eigenvalue weighted by atomic mass is 19.1. The number of carbonyl (C=O) groups is 2. The first-order valence-corrected chi connectivity index (χ1v) is 6.61. The molecule has 108 valence electrons. The SMILES string of the molecule is CC(C)N1CCC(NC(=O)Nc2ccc(F)cc2)C1=O. The lowest BCUT2D eigenvalue weighted by molar-refractivity contribution is -0.130. The third-order valence-corrected chi connectivity index (χ3v) is 3.27. The van der Waals surface area contributed by atoms with E-state index in [1.807, 2.05) is 13.8 Å². The van der Waals surface area contributed by atoms with Crippen LogP contribution in [0.25, 0.3) is 0 Å². The Balaban J connectivity index is 1.89. The molecular weight excluding hydrogens is 261 g/mol. The quantitative estimate of drug-likeness (QED) is 0.888. The fourth-order valence-corrected chi connectivity index (χ4v) is 2.21. The summed E-state index contributed by atoms with van der Waals surface area (Å²) in [4.78, 5) is 25.5. The molecule has 0 spiro atoms. The highest BCUT2D eigenvalue weighted by Gasteiger charge is 2.33. The van der Waals surface area contributed by atoms with Gasteiger partial charge in [-0.1, -0.05) is 0 Å². The zero-order chi connectivity index (χ0) is 14.7. The van der Waals surface area contributed by atoms with Gasteiger partial charge in [-0.15, -0.1) is 0 Å². The van der Waals surface area contributed by atoms with Crippen molar-refractivity contribution in [3.05, 3.63) is 30.1 Å². The van der Waals surface area contributed by atoms with Crippen molar-refractivity contribution in [2.45, 2.75) is 32.4 Å². The monoisotopic (exact) mass is 279 g/mol. The molecule has 0 radical (unpaired) electrons. The van der Waals surface area contributed by atoms with E-state index in [0.717, 1.165) is 0 Å². The molecule has 1 aliphatic heterocycles. The van der Waals surface area contributed by atoms with Gasteiger partial charge in [0, 0.05) is 18.3 Å². The molecule has 20 heavy (non-hydrogen) atoms. The van der Waals surface area contributed by atoms with Crippen molar-refractivity contribution < 1.29 is 14.0 Å². The van der Waals surface area contributed by atoms with Crippen LogP contribution in [0.1, 0.15) is 20.3 Å². The van der Waals surface area contributed by atoms with Gasteiger partial charge in [0.15, 0.2) is 0 Å². The molecule has 2 rings (SSSR count). The average Bonchev–Trinajstić information content (AvgIpc) is 2.74. The lowest BCUT2D eigenvalue weighted by Crippen LogP contribution is -2.44. The van der Waals surface area contributed by atoms with Gasteiger partial charge in [-0.2, -0.15) is 0 Å². The van der Waals surface area contributed by atoms with Gasteiger partial charge in [0.2, 0.25) is 5.91 Å². The summed E-state index contributed by atoms with van der Waals surface area (Å²) in [6, 6.07) is 4.64. The van der Waals surface area contributed by atoms with Crippen molar-refractivity contribution >= 4 is 17.6 Å². The molecule has 0 saturated carbocycles. The van der Waals surface area contributed by atoms with Crippen LogP contribution < -0.4 is 10.6 Å². The smallest absolute Gasteiger partial charge is 0.319 e. The van der Waals surface area contributed by atoms with Crippen LogP contribution in [0.5, 0.6) is 0 Å². The molecule has 3 amide bonds. The number of hydrogen-bond acceptors (Lipinski definition) is 2. The molecule has 1 heterocycles. The Morgan fingerprint density at radius 2 is 2.00 bits per heavy atom. The Kier molecular flexibility index (Phi) is 4.22. The minimum Gasteiger partial charge on any atom is -0.338 e.